The first kappa shape index (κ1) is 19.8. The van der Waals surface area contributed by atoms with Crippen LogP contribution in [0.15, 0.2) is 65.1 Å². The van der Waals surface area contributed by atoms with E-state index >= 15 is 0 Å². The molecule has 0 unspecified atom stereocenters. The molecule has 0 fully saturated rings. The fourth-order valence-corrected chi connectivity index (χ4v) is 4.25. The van der Waals surface area contributed by atoms with Crippen molar-refractivity contribution in [2.45, 2.75) is 20.1 Å². The minimum Gasteiger partial charge on any atom is -0.478 e. The number of benzene rings is 2. The molecule has 0 aliphatic carbocycles. The number of aliphatic hydroxyl groups is 1. The average Bonchev–Trinajstić information content (AvgIpc) is 3.11. The number of aliphatic hydroxyl groups excluding tert-OH is 1. The second-order valence-corrected chi connectivity index (χ2v) is 7.71. The van der Waals surface area contributed by atoms with Gasteiger partial charge in [0.05, 0.1) is 24.2 Å². The van der Waals surface area contributed by atoms with E-state index in [0.717, 1.165) is 37.3 Å². The highest BCUT2D eigenvalue weighted by Crippen LogP contribution is 2.40. The number of hydrogen-bond donors (Lipinski definition) is 2. The number of carboxylic acid groups (broad SMARTS) is 1. The molecule has 2 aromatic heterocycles. The quantitative estimate of drug-likeness (QED) is 0.421. The smallest absolute Gasteiger partial charge is 0.335 e. The summed E-state index contributed by atoms with van der Waals surface area (Å²) in [5, 5.41) is 26.7. The molecule has 0 spiro atoms. The zero-order valence-corrected chi connectivity index (χ0v) is 16.9. The van der Waals surface area contributed by atoms with Crippen LogP contribution in [0.3, 0.4) is 0 Å². The van der Waals surface area contributed by atoms with E-state index in [2.05, 4.69) is 20.2 Å². The average molecular weight is 418 g/mol. The maximum absolute atomic E-state index is 10.9. The molecule has 2 N–H and O–H groups in total. The van der Waals surface area contributed by atoms with Gasteiger partial charge in [0.15, 0.2) is 5.82 Å². The van der Waals surface area contributed by atoms with Crippen molar-refractivity contribution in [3.05, 3.63) is 77.1 Å². The van der Waals surface area contributed by atoms with Crippen molar-refractivity contribution in [2.75, 3.05) is 0 Å². The Morgan fingerprint density at radius 3 is 2.40 bits per heavy atom. The Balaban J connectivity index is 1.61. The van der Waals surface area contributed by atoms with Gasteiger partial charge in [-0.05, 0) is 41.3 Å². The zero-order chi connectivity index (χ0) is 21.1. The molecule has 7 nitrogen and oxygen atoms in total. The Hall–Kier alpha value is -3.49. The third kappa shape index (κ3) is 3.96. The zero-order valence-electron chi connectivity index (χ0n) is 16.1. The van der Waals surface area contributed by atoms with Crippen LogP contribution in [0.5, 0.6) is 0 Å². The molecule has 8 heteroatoms. The van der Waals surface area contributed by atoms with Crippen molar-refractivity contribution in [1.29, 1.82) is 0 Å². The van der Waals surface area contributed by atoms with Gasteiger partial charge in [0, 0.05) is 4.88 Å². The van der Waals surface area contributed by atoms with Crippen molar-refractivity contribution in [2.24, 2.45) is 10.2 Å². The lowest BCUT2D eigenvalue weighted by Gasteiger charge is -2.01. The largest absolute Gasteiger partial charge is 0.478 e. The number of aromatic nitrogens is 2. The number of thiophene rings is 1. The fraction of sp³-hybridized carbons (Fsp3) is 0.136. The number of carboxylic acids is 1. The molecule has 30 heavy (non-hydrogen) atoms. The van der Waals surface area contributed by atoms with Gasteiger partial charge in [-0.3, -0.25) is 0 Å². The normalized spacial score (nSPS) is 11.4. The topological polar surface area (TPSA) is 108 Å². The lowest BCUT2D eigenvalue weighted by molar-refractivity contribution is 0.0697. The van der Waals surface area contributed by atoms with E-state index in [9.17, 15) is 9.90 Å². The molecule has 0 aliphatic rings. The van der Waals surface area contributed by atoms with Crippen LogP contribution >= 0.6 is 11.3 Å². The molecular weight excluding hydrogens is 400 g/mol. The minimum atomic E-state index is -0.957. The molecule has 4 aromatic rings. The summed E-state index contributed by atoms with van der Waals surface area (Å²) in [7, 11) is 0. The van der Waals surface area contributed by atoms with E-state index in [1.807, 2.05) is 31.2 Å². The van der Waals surface area contributed by atoms with Gasteiger partial charge >= 0.3 is 5.97 Å². The summed E-state index contributed by atoms with van der Waals surface area (Å²) in [6.45, 7) is 2.36. The molecule has 0 amide bonds. The highest BCUT2D eigenvalue weighted by molar-refractivity contribution is 7.23. The van der Waals surface area contributed by atoms with Crippen molar-refractivity contribution in [3.8, 4) is 10.4 Å². The molecular formula is C22H18N4O3S. The highest BCUT2D eigenvalue weighted by atomic mass is 32.1. The molecule has 0 atom stereocenters. The van der Waals surface area contributed by atoms with Gasteiger partial charge in [-0.2, -0.15) is 5.11 Å². The second kappa shape index (κ2) is 8.48. The first-order valence-electron chi connectivity index (χ1n) is 9.21. The minimum absolute atomic E-state index is 0.0146. The number of carbonyl (C=O) groups is 1. The number of aryl methyl sites for hydroxylation is 1. The third-order valence-electron chi connectivity index (χ3n) is 4.70. The second-order valence-electron chi connectivity index (χ2n) is 6.69. The molecule has 150 valence electrons. The molecule has 0 saturated heterocycles. The first-order chi connectivity index (χ1) is 14.6. The first-order valence-corrected chi connectivity index (χ1v) is 10.0. The van der Waals surface area contributed by atoms with E-state index in [0.29, 0.717) is 12.4 Å². The van der Waals surface area contributed by atoms with Crippen molar-refractivity contribution in [3.63, 3.8) is 0 Å². The fourth-order valence-electron chi connectivity index (χ4n) is 3.06. The SMILES string of the molecule is Cc1c(-c2ccc(CO)cc2)sc2c(N=NCc3ccc(C(=O)O)cc3)ncnc12. The predicted molar refractivity (Wildman–Crippen MR) is 115 cm³/mol. The standard InChI is InChI=1S/C22H18N4O3S/c1-13-18-20(30-19(13)16-6-4-15(11-27)5-7-16)21(24-12-23-18)26-25-10-14-2-8-17(9-3-14)22(28)29/h2-9,12,27H,10-11H2,1H3,(H,28,29). The van der Waals surface area contributed by atoms with Crippen LogP contribution < -0.4 is 0 Å². The highest BCUT2D eigenvalue weighted by Gasteiger charge is 2.15. The summed E-state index contributed by atoms with van der Waals surface area (Å²) in [5.74, 6) is -0.449. The van der Waals surface area contributed by atoms with Crippen LogP contribution in [0.2, 0.25) is 0 Å². The van der Waals surface area contributed by atoms with Gasteiger partial charge in [0.1, 0.15) is 11.0 Å². The van der Waals surface area contributed by atoms with E-state index in [1.54, 1.807) is 35.6 Å². The van der Waals surface area contributed by atoms with Gasteiger partial charge in [-0.15, -0.1) is 16.5 Å². The van der Waals surface area contributed by atoms with Crippen LogP contribution in [0, 0.1) is 6.92 Å². The lowest BCUT2D eigenvalue weighted by Crippen LogP contribution is -1.95. The predicted octanol–water partition coefficient (Wildman–Crippen LogP) is 5.14. The summed E-state index contributed by atoms with van der Waals surface area (Å²) in [4.78, 5) is 20.7. The Labute approximate surface area is 176 Å². The van der Waals surface area contributed by atoms with Crippen molar-refractivity contribution in [1.82, 2.24) is 9.97 Å². The molecule has 0 radical (unpaired) electrons. The van der Waals surface area contributed by atoms with Gasteiger partial charge < -0.3 is 10.2 Å². The van der Waals surface area contributed by atoms with Gasteiger partial charge in [-0.1, -0.05) is 36.4 Å². The van der Waals surface area contributed by atoms with Crippen LogP contribution in [0.4, 0.5) is 5.82 Å². The van der Waals surface area contributed by atoms with Gasteiger partial charge in [0.25, 0.3) is 0 Å². The molecule has 0 saturated carbocycles. The van der Waals surface area contributed by atoms with Crippen LogP contribution in [-0.2, 0) is 13.2 Å². The van der Waals surface area contributed by atoms with E-state index in [4.69, 9.17) is 5.11 Å². The molecule has 4 rings (SSSR count). The molecule has 2 aromatic carbocycles. The van der Waals surface area contributed by atoms with Gasteiger partial charge in [-0.25, -0.2) is 14.8 Å². The molecule has 2 heterocycles. The Morgan fingerprint density at radius 1 is 1.03 bits per heavy atom. The lowest BCUT2D eigenvalue weighted by atomic mass is 10.1. The number of rotatable bonds is 6. The van der Waals surface area contributed by atoms with Crippen LogP contribution in [-0.4, -0.2) is 26.2 Å². The van der Waals surface area contributed by atoms with Gasteiger partial charge in [0.2, 0.25) is 0 Å². The third-order valence-corrected chi connectivity index (χ3v) is 6.03. The molecule has 0 bridgehead atoms. The number of aromatic carboxylic acids is 1. The summed E-state index contributed by atoms with van der Waals surface area (Å²) < 4.78 is 0.862. The molecule has 0 aliphatic heterocycles. The monoisotopic (exact) mass is 418 g/mol. The number of azo groups is 1. The maximum atomic E-state index is 10.9. The summed E-state index contributed by atoms with van der Waals surface area (Å²) in [6, 6.07) is 14.3. The summed E-state index contributed by atoms with van der Waals surface area (Å²) in [5.41, 5.74) is 4.91. The van der Waals surface area contributed by atoms with Crippen molar-refractivity contribution >= 4 is 33.3 Å². The Bertz CT molecular complexity index is 1230. The Morgan fingerprint density at radius 2 is 1.73 bits per heavy atom. The number of hydrogen-bond acceptors (Lipinski definition) is 7. The van der Waals surface area contributed by atoms with Crippen molar-refractivity contribution < 1.29 is 15.0 Å². The number of fused-ring (bicyclic) bond motifs is 1. The Kier molecular flexibility index (Phi) is 5.60. The van der Waals surface area contributed by atoms with Crippen LogP contribution in [0.25, 0.3) is 20.7 Å². The van der Waals surface area contributed by atoms with E-state index in [-0.39, 0.29) is 12.2 Å². The van der Waals surface area contributed by atoms with Crippen LogP contribution in [0.1, 0.15) is 27.0 Å². The van der Waals surface area contributed by atoms with E-state index in [1.165, 1.54) is 6.33 Å². The summed E-state index contributed by atoms with van der Waals surface area (Å²) in [6.07, 6.45) is 1.48. The summed E-state index contributed by atoms with van der Waals surface area (Å²) >= 11 is 1.56. The van der Waals surface area contributed by atoms with E-state index < -0.39 is 5.97 Å². The maximum Gasteiger partial charge on any atom is 0.335 e. The number of nitrogens with zero attached hydrogens (tertiary/aromatic N) is 4.